The number of hydrogen-bond acceptors (Lipinski definition) is 6. The van der Waals surface area contributed by atoms with Gasteiger partial charge < -0.3 is 5.32 Å². The Kier molecular flexibility index (Phi) is 5.80. The highest BCUT2D eigenvalue weighted by Gasteiger charge is 2.23. The topological polar surface area (TPSA) is 97.2 Å². The zero-order valence-corrected chi connectivity index (χ0v) is 20.1. The number of rotatable bonds is 7. The number of aromatic nitrogens is 6. The maximum absolute atomic E-state index is 9.16. The Morgan fingerprint density at radius 2 is 1.88 bits per heavy atom. The van der Waals surface area contributed by atoms with Crippen LogP contribution in [0.2, 0.25) is 5.02 Å². The third kappa shape index (κ3) is 4.27. The molecule has 3 aromatic heterocycles. The van der Waals surface area contributed by atoms with Gasteiger partial charge in [-0.05, 0) is 45.2 Å². The number of nitriles is 1. The maximum atomic E-state index is 9.16. The van der Waals surface area contributed by atoms with Gasteiger partial charge in [0.1, 0.15) is 12.1 Å². The Balaban J connectivity index is 1.49. The van der Waals surface area contributed by atoms with Crippen molar-refractivity contribution in [1.29, 1.82) is 5.26 Å². The van der Waals surface area contributed by atoms with E-state index in [-0.39, 0.29) is 0 Å². The number of halogens is 1. The van der Waals surface area contributed by atoms with Crippen LogP contribution in [0.3, 0.4) is 0 Å². The molecule has 172 valence electrons. The quantitative estimate of drug-likeness (QED) is 0.380. The van der Waals surface area contributed by atoms with Gasteiger partial charge in [0.2, 0.25) is 0 Å². The number of aryl methyl sites for hydroxylation is 2. The highest BCUT2D eigenvalue weighted by Crippen LogP contribution is 2.35. The van der Waals surface area contributed by atoms with Crippen molar-refractivity contribution in [3.05, 3.63) is 64.2 Å². The highest BCUT2D eigenvalue weighted by atomic mass is 35.5. The molecule has 1 aromatic carbocycles. The van der Waals surface area contributed by atoms with Crippen molar-refractivity contribution >= 4 is 23.2 Å². The van der Waals surface area contributed by atoms with Crippen molar-refractivity contribution < 1.29 is 0 Å². The van der Waals surface area contributed by atoms with Gasteiger partial charge in [-0.3, -0.25) is 4.68 Å². The normalized spacial score (nSPS) is 13.1. The smallest absolute Gasteiger partial charge is 0.159 e. The standard InChI is InChI=1S/C25H25ClN8/c1-15-24(20-8-6-19(13-27)7-9-20)33(11-10-18-4-5-18)32-25(15)30-21-12-22(29-14-28-21)34-17(3)23(26)16(2)31-34/h6-9,12,14,18H,4-5,10-11H2,1-3H3,(H,28,29,30,32). The average molecular weight is 473 g/mol. The highest BCUT2D eigenvalue weighted by molar-refractivity contribution is 6.31. The third-order valence-electron chi connectivity index (χ3n) is 6.24. The molecular weight excluding hydrogens is 448 g/mol. The van der Waals surface area contributed by atoms with Crippen LogP contribution in [0.5, 0.6) is 0 Å². The second-order valence-corrected chi connectivity index (χ2v) is 9.13. The van der Waals surface area contributed by atoms with Crippen molar-refractivity contribution in [3.8, 4) is 23.1 Å². The summed E-state index contributed by atoms with van der Waals surface area (Å²) in [6, 6.07) is 11.7. The lowest BCUT2D eigenvalue weighted by Crippen LogP contribution is -2.05. The van der Waals surface area contributed by atoms with Crippen LogP contribution in [-0.2, 0) is 6.54 Å². The van der Waals surface area contributed by atoms with E-state index >= 15 is 0 Å². The first kappa shape index (κ1) is 22.1. The largest absolute Gasteiger partial charge is 0.323 e. The van der Waals surface area contributed by atoms with Gasteiger partial charge in [-0.2, -0.15) is 15.5 Å². The van der Waals surface area contributed by atoms with Crippen LogP contribution in [0.1, 0.15) is 41.8 Å². The van der Waals surface area contributed by atoms with E-state index in [9.17, 15) is 0 Å². The van der Waals surface area contributed by atoms with Gasteiger partial charge in [0.15, 0.2) is 11.6 Å². The molecule has 5 rings (SSSR count). The molecule has 3 heterocycles. The van der Waals surface area contributed by atoms with E-state index in [2.05, 4.69) is 38.1 Å². The van der Waals surface area contributed by atoms with Crippen molar-refractivity contribution in [3.63, 3.8) is 0 Å². The van der Waals surface area contributed by atoms with Gasteiger partial charge in [0.05, 0.1) is 33.7 Å². The van der Waals surface area contributed by atoms with E-state index in [0.29, 0.717) is 22.2 Å². The first-order valence-corrected chi connectivity index (χ1v) is 11.7. The number of benzene rings is 1. The van der Waals surface area contributed by atoms with Gasteiger partial charge in [0.25, 0.3) is 0 Å². The molecule has 0 unspecified atom stereocenters. The minimum Gasteiger partial charge on any atom is -0.323 e. The summed E-state index contributed by atoms with van der Waals surface area (Å²) < 4.78 is 3.79. The summed E-state index contributed by atoms with van der Waals surface area (Å²) in [7, 11) is 0. The molecular formula is C25H25ClN8. The zero-order chi connectivity index (χ0) is 23.8. The number of nitrogens with one attached hydrogen (secondary N) is 1. The van der Waals surface area contributed by atoms with E-state index in [1.54, 1.807) is 4.68 Å². The molecule has 0 atom stereocenters. The SMILES string of the molecule is Cc1nn(-c2cc(Nc3nn(CCC4CC4)c(-c4ccc(C#N)cc4)c3C)ncn2)c(C)c1Cl. The Morgan fingerprint density at radius 1 is 1.12 bits per heavy atom. The molecule has 1 saturated carbocycles. The second-order valence-electron chi connectivity index (χ2n) is 8.75. The minimum absolute atomic E-state index is 0.620. The molecule has 8 nitrogen and oxygen atoms in total. The predicted octanol–water partition coefficient (Wildman–Crippen LogP) is 5.52. The lowest BCUT2D eigenvalue weighted by atomic mass is 10.1. The van der Waals surface area contributed by atoms with Crippen LogP contribution in [-0.4, -0.2) is 29.5 Å². The van der Waals surface area contributed by atoms with Gasteiger partial charge in [-0.15, -0.1) is 0 Å². The molecule has 0 spiro atoms. The van der Waals surface area contributed by atoms with Crippen LogP contribution in [0, 0.1) is 38.0 Å². The maximum Gasteiger partial charge on any atom is 0.159 e. The van der Waals surface area contributed by atoms with E-state index in [0.717, 1.165) is 52.9 Å². The molecule has 0 amide bonds. The molecule has 0 saturated heterocycles. The predicted molar refractivity (Wildman–Crippen MR) is 131 cm³/mol. The third-order valence-corrected chi connectivity index (χ3v) is 6.79. The molecule has 1 fully saturated rings. The fraction of sp³-hybridized carbons (Fsp3) is 0.320. The molecule has 34 heavy (non-hydrogen) atoms. The van der Waals surface area contributed by atoms with Gasteiger partial charge in [-0.25, -0.2) is 14.6 Å². The summed E-state index contributed by atoms with van der Waals surface area (Å²) in [5.74, 6) is 2.79. The summed E-state index contributed by atoms with van der Waals surface area (Å²) in [5.41, 5.74) is 5.33. The Labute approximate surface area is 203 Å². The average Bonchev–Trinajstić information content (AvgIpc) is 3.59. The van der Waals surface area contributed by atoms with Crippen LogP contribution in [0.15, 0.2) is 36.7 Å². The molecule has 1 aliphatic rings. The first-order chi connectivity index (χ1) is 16.4. The summed E-state index contributed by atoms with van der Waals surface area (Å²) in [6.45, 7) is 6.68. The fourth-order valence-corrected chi connectivity index (χ4v) is 4.23. The van der Waals surface area contributed by atoms with Crippen molar-refractivity contribution in [1.82, 2.24) is 29.5 Å². The summed E-state index contributed by atoms with van der Waals surface area (Å²) in [4.78, 5) is 8.77. The first-order valence-electron chi connectivity index (χ1n) is 11.3. The Hall–Kier alpha value is -3.70. The monoisotopic (exact) mass is 472 g/mol. The zero-order valence-electron chi connectivity index (χ0n) is 19.4. The van der Waals surface area contributed by atoms with E-state index in [4.69, 9.17) is 22.0 Å². The summed E-state index contributed by atoms with van der Waals surface area (Å²) in [6.07, 6.45) is 5.22. The lowest BCUT2D eigenvalue weighted by molar-refractivity contribution is 0.552. The van der Waals surface area contributed by atoms with Crippen molar-refractivity contribution in [2.75, 3.05) is 5.32 Å². The number of hydrogen-bond donors (Lipinski definition) is 1. The summed E-state index contributed by atoms with van der Waals surface area (Å²) >= 11 is 6.32. The lowest BCUT2D eigenvalue weighted by Gasteiger charge is -2.08. The Morgan fingerprint density at radius 3 is 2.53 bits per heavy atom. The molecule has 0 bridgehead atoms. The van der Waals surface area contributed by atoms with Crippen LogP contribution >= 0.6 is 11.6 Å². The second kappa shape index (κ2) is 8.92. The molecule has 1 N–H and O–H groups in total. The minimum atomic E-state index is 0.620. The van der Waals surface area contributed by atoms with Gasteiger partial charge >= 0.3 is 0 Å². The Bertz CT molecular complexity index is 1390. The van der Waals surface area contributed by atoms with Crippen LogP contribution in [0.4, 0.5) is 11.6 Å². The number of nitrogens with zero attached hydrogens (tertiary/aromatic N) is 7. The van der Waals surface area contributed by atoms with Crippen molar-refractivity contribution in [2.24, 2.45) is 5.92 Å². The molecule has 0 radical (unpaired) electrons. The van der Waals surface area contributed by atoms with E-state index in [1.165, 1.54) is 19.2 Å². The van der Waals surface area contributed by atoms with Crippen LogP contribution < -0.4 is 5.32 Å². The van der Waals surface area contributed by atoms with E-state index < -0.39 is 0 Å². The van der Waals surface area contributed by atoms with Crippen LogP contribution in [0.25, 0.3) is 17.1 Å². The van der Waals surface area contributed by atoms with Gasteiger partial charge in [0, 0.05) is 23.7 Å². The van der Waals surface area contributed by atoms with E-state index in [1.807, 2.05) is 44.2 Å². The van der Waals surface area contributed by atoms with Gasteiger partial charge in [-0.1, -0.05) is 36.6 Å². The molecule has 1 aliphatic carbocycles. The fourth-order valence-electron chi connectivity index (χ4n) is 4.11. The van der Waals surface area contributed by atoms with Crippen molar-refractivity contribution in [2.45, 2.75) is 46.6 Å². The molecule has 4 aromatic rings. The summed E-state index contributed by atoms with van der Waals surface area (Å²) in [5, 5.41) is 22.6. The molecule has 9 heteroatoms. The molecule has 0 aliphatic heterocycles. The number of anilines is 2.